The van der Waals surface area contributed by atoms with Gasteiger partial charge in [0.1, 0.15) is 0 Å². The molecule has 3 saturated carbocycles. The van der Waals surface area contributed by atoms with Crippen LogP contribution in [0.1, 0.15) is 59.3 Å². The van der Waals surface area contributed by atoms with Gasteiger partial charge in [0.05, 0.1) is 0 Å². The second kappa shape index (κ2) is 2.52. The van der Waals surface area contributed by atoms with Gasteiger partial charge in [-0.25, -0.2) is 0 Å². The lowest BCUT2D eigenvalue weighted by atomic mass is 9.38. The minimum atomic E-state index is 0.564. The zero-order chi connectivity index (χ0) is 10.9. The molecule has 0 saturated heterocycles. The summed E-state index contributed by atoms with van der Waals surface area (Å²) < 4.78 is 0. The van der Waals surface area contributed by atoms with Crippen LogP contribution in [0, 0.1) is 22.2 Å². The van der Waals surface area contributed by atoms with Gasteiger partial charge in [0.2, 0.25) is 0 Å². The molecule has 3 aliphatic carbocycles. The zero-order valence-electron chi connectivity index (χ0n) is 10.5. The monoisotopic (exact) mass is 204 g/mol. The van der Waals surface area contributed by atoms with E-state index in [2.05, 4.69) is 27.4 Å². The molecule has 0 aromatic rings. The molecular formula is C15H24. The van der Waals surface area contributed by atoms with E-state index in [0.29, 0.717) is 16.2 Å². The van der Waals surface area contributed by atoms with Crippen LogP contribution in [-0.2, 0) is 0 Å². The van der Waals surface area contributed by atoms with Crippen LogP contribution in [0.2, 0.25) is 0 Å². The van der Waals surface area contributed by atoms with Crippen molar-refractivity contribution in [2.24, 2.45) is 22.2 Å². The number of allylic oxidation sites excluding steroid dienone is 1. The van der Waals surface area contributed by atoms with Gasteiger partial charge in [-0.3, -0.25) is 0 Å². The fourth-order valence-corrected chi connectivity index (χ4v) is 5.52. The Labute approximate surface area is 94.1 Å². The molecule has 0 amide bonds. The second-order valence-corrected chi connectivity index (χ2v) is 7.25. The maximum absolute atomic E-state index is 4.44. The molecule has 0 aliphatic heterocycles. The topological polar surface area (TPSA) is 0 Å². The summed E-state index contributed by atoms with van der Waals surface area (Å²) in [6.07, 6.45) is 8.49. The zero-order valence-corrected chi connectivity index (χ0v) is 10.5. The van der Waals surface area contributed by atoms with Crippen LogP contribution in [0.15, 0.2) is 12.2 Å². The average Bonchev–Trinajstić information content (AvgIpc) is 2.37. The quantitative estimate of drug-likeness (QED) is 0.507. The van der Waals surface area contributed by atoms with E-state index in [-0.39, 0.29) is 0 Å². The fraction of sp³-hybridized carbons (Fsp3) is 0.867. The Balaban J connectivity index is 2.05. The summed E-state index contributed by atoms with van der Waals surface area (Å²) in [6.45, 7) is 11.9. The van der Waals surface area contributed by atoms with E-state index in [1.807, 2.05) is 0 Å². The maximum Gasteiger partial charge on any atom is 0.000144 e. The molecule has 1 spiro atoms. The van der Waals surface area contributed by atoms with E-state index >= 15 is 0 Å². The van der Waals surface area contributed by atoms with Crippen LogP contribution in [0.3, 0.4) is 0 Å². The van der Waals surface area contributed by atoms with Crippen LogP contribution in [0.5, 0.6) is 0 Å². The highest BCUT2D eigenvalue weighted by Crippen LogP contribution is 2.78. The molecule has 0 unspecified atom stereocenters. The first kappa shape index (κ1) is 9.93. The van der Waals surface area contributed by atoms with E-state index in [0.717, 1.165) is 5.92 Å². The summed E-state index contributed by atoms with van der Waals surface area (Å²) in [5.74, 6) is 0.947. The molecular weight excluding hydrogens is 180 g/mol. The normalized spacial score (nSPS) is 51.9. The molecule has 3 atom stereocenters. The molecule has 3 fully saturated rings. The Morgan fingerprint density at radius 1 is 1.20 bits per heavy atom. The molecule has 84 valence electrons. The Kier molecular flexibility index (Phi) is 1.67. The minimum absolute atomic E-state index is 0.564. The van der Waals surface area contributed by atoms with Gasteiger partial charge in [0.25, 0.3) is 0 Å². The first-order valence-electron chi connectivity index (χ1n) is 6.61. The molecule has 0 N–H and O–H groups in total. The van der Waals surface area contributed by atoms with E-state index in [9.17, 15) is 0 Å². The lowest BCUT2D eigenvalue weighted by Gasteiger charge is -2.66. The standard InChI is InChI=1S/C15H24/c1-11-6-5-8-14(4)9-7-12-13(2,3)10-15(11,12)14/h12H,1,5-10H2,2-4H3/t12-,14+,15-/m1/s1. The lowest BCUT2D eigenvalue weighted by molar-refractivity contribution is -0.125. The van der Waals surface area contributed by atoms with Crippen molar-refractivity contribution < 1.29 is 0 Å². The highest BCUT2D eigenvalue weighted by Gasteiger charge is 2.70. The Hall–Kier alpha value is -0.260. The first-order valence-corrected chi connectivity index (χ1v) is 6.61. The van der Waals surface area contributed by atoms with Crippen molar-refractivity contribution >= 4 is 0 Å². The molecule has 0 aromatic carbocycles. The molecule has 0 aromatic heterocycles. The second-order valence-electron chi connectivity index (χ2n) is 7.25. The van der Waals surface area contributed by atoms with Gasteiger partial charge in [0, 0.05) is 5.41 Å². The number of hydrogen-bond donors (Lipinski definition) is 0. The third kappa shape index (κ3) is 0.905. The van der Waals surface area contributed by atoms with E-state index in [4.69, 9.17) is 0 Å². The molecule has 0 heterocycles. The SMILES string of the molecule is C=C1CCC[C@@]2(C)CC[C@@H]3C(C)(C)C[C@@]132. The van der Waals surface area contributed by atoms with Crippen molar-refractivity contribution in [3.05, 3.63) is 12.2 Å². The predicted octanol–water partition coefficient (Wildman–Crippen LogP) is 4.56. The highest BCUT2D eigenvalue weighted by molar-refractivity contribution is 5.32. The van der Waals surface area contributed by atoms with Crippen molar-refractivity contribution in [2.75, 3.05) is 0 Å². The molecule has 0 heteroatoms. The van der Waals surface area contributed by atoms with Crippen LogP contribution < -0.4 is 0 Å². The number of hydrogen-bond acceptors (Lipinski definition) is 0. The maximum atomic E-state index is 4.44. The Morgan fingerprint density at radius 3 is 2.60 bits per heavy atom. The van der Waals surface area contributed by atoms with Crippen molar-refractivity contribution in [2.45, 2.75) is 59.3 Å². The van der Waals surface area contributed by atoms with Crippen molar-refractivity contribution in [1.82, 2.24) is 0 Å². The highest BCUT2D eigenvalue weighted by atomic mass is 14.7. The molecule has 3 rings (SSSR count). The predicted molar refractivity (Wildman–Crippen MR) is 64.7 cm³/mol. The summed E-state index contributed by atoms with van der Waals surface area (Å²) >= 11 is 0. The largest absolute Gasteiger partial charge is 0.0993 e. The van der Waals surface area contributed by atoms with Gasteiger partial charge in [-0.15, -0.1) is 0 Å². The van der Waals surface area contributed by atoms with Gasteiger partial charge in [-0.1, -0.05) is 32.9 Å². The summed E-state index contributed by atoms with van der Waals surface area (Å²) in [4.78, 5) is 0. The Bertz CT molecular complexity index is 325. The van der Waals surface area contributed by atoms with E-state index in [1.165, 1.54) is 38.5 Å². The molecule has 0 bridgehead atoms. The van der Waals surface area contributed by atoms with Crippen LogP contribution in [-0.4, -0.2) is 0 Å². The molecule has 0 nitrogen and oxygen atoms in total. The summed E-state index contributed by atoms with van der Waals surface area (Å²) in [5.41, 5.74) is 3.38. The van der Waals surface area contributed by atoms with Crippen LogP contribution >= 0.6 is 0 Å². The molecule has 3 aliphatic rings. The average molecular weight is 204 g/mol. The van der Waals surface area contributed by atoms with E-state index < -0.39 is 0 Å². The third-order valence-corrected chi connectivity index (χ3v) is 6.17. The summed E-state index contributed by atoms with van der Waals surface area (Å²) in [7, 11) is 0. The fourth-order valence-electron chi connectivity index (χ4n) is 5.52. The van der Waals surface area contributed by atoms with Gasteiger partial charge < -0.3 is 0 Å². The van der Waals surface area contributed by atoms with E-state index in [1.54, 1.807) is 5.57 Å². The van der Waals surface area contributed by atoms with Gasteiger partial charge in [-0.05, 0) is 55.3 Å². The van der Waals surface area contributed by atoms with Crippen LogP contribution in [0.25, 0.3) is 0 Å². The molecule has 15 heavy (non-hydrogen) atoms. The smallest absolute Gasteiger partial charge is 0.000144 e. The van der Waals surface area contributed by atoms with Crippen molar-refractivity contribution in [3.8, 4) is 0 Å². The van der Waals surface area contributed by atoms with Gasteiger partial charge >= 0.3 is 0 Å². The number of rotatable bonds is 0. The van der Waals surface area contributed by atoms with Crippen molar-refractivity contribution in [1.29, 1.82) is 0 Å². The Morgan fingerprint density at radius 2 is 1.93 bits per heavy atom. The van der Waals surface area contributed by atoms with Gasteiger partial charge in [0.15, 0.2) is 0 Å². The van der Waals surface area contributed by atoms with Crippen LogP contribution in [0.4, 0.5) is 0 Å². The minimum Gasteiger partial charge on any atom is -0.0993 e. The lowest BCUT2D eigenvalue weighted by Crippen LogP contribution is -2.58. The third-order valence-electron chi connectivity index (χ3n) is 6.17. The summed E-state index contributed by atoms with van der Waals surface area (Å²) in [5, 5.41) is 0. The van der Waals surface area contributed by atoms with Gasteiger partial charge in [-0.2, -0.15) is 0 Å². The van der Waals surface area contributed by atoms with Crippen molar-refractivity contribution in [3.63, 3.8) is 0 Å². The molecule has 0 radical (unpaired) electrons. The summed E-state index contributed by atoms with van der Waals surface area (Å²) in [6, 6.07) is 0. The first-order chi connectivity index (χ1) is 6.92.